The van der Waals surface area contributed by atoms with Crippen molar-refractivity contribution in [2.24, 2.45) is 0 Å². The molecule has 11 heteroatoms. The number of thiophene rings is 1. The van der Waals surface area contributed by atoms with Crippen LogP contribution in [0.4, 0.5) is 5.00 Å². The molecule has 0 aliphatic heterocycles. The normalized spacial score (nSPS) is 10.2. The molecule has 1 amide bonds. The summed E-state index contributed by atoms with van der Waals surface area (Å²) in [5.41, 5.74) is 1.31. The molecule has 29 heavy (non-hydrogen) atoms. The zero-order valence-corrected chi connectivity index (χ0v) is 18.0. The topological polar surface area (TPSA) is 131 Å². The fourth-order valence-electron chi connectivity index (χ4n) is 2.45. The number of hydrogen-bond donors (Lipinski definition) is 1. The Bertz CT molecular complexity index is 1030. The van der Waals surface area contributed by atoms with E-state index in [1.54, 1.807) is 20.8 Å². The monoisotopic (exact) mass is 434 g/mol. The van der Waals surface area contributed by atoms with Gasteiger partial charge in [-0.05, 0) is 26.3 Å². The van der Waals surface area contributed by atoms with Crippen molar-refractivity contribution < 1.29 is 23.9 Å². The van der Waals surface area contributed by atoms with Crippen LogP contribution in [0, 0.1) is 32.1 Å². The first-order valence-electron chi connectivity index (χ1n) is 8.21. The highest BCUT2D eigenvalue weighted by Crippen LogP contribution is 2.34. The Morgan fingerprint density at radius 1 is 1.14 bits per heavy atom. The summed E-state index contributed by atoms with van der Waals surface area (Å²) < 4.78 is 9.47. The van der Waals surface area contributed by atoms with Crippen LogP contribution in [-0.2, 0) is 14.3 Å². The molecule has 0 aromatic carbocycles. The third-order valence-electron chi connectivity index (χ3n) is 3.78. The predicted octanol–water partition coefficient (Wildman–Crippen LogP) is 2.64. The van der Waals surface area contributed by atoms with Crippen LogP contribution in [0.15, 0.2) is 5.03 Å². The van der Waals surface area contributed by atoms with Gasteiger partial charge in [0.05, 0.1) is 31.2 Å². The van der Waals surface area contributed by atoms with Gasteiger partial charge in [-0.3, -0.25) is 4.79 Å². The fraction of sp³-hybridized carbons (Fsp3) is 0.333. The largest absolute Gasteiger partial charge is 0.465 e. The molecule has 0 saturated carbocycles. The van der Waals surface area contributed by atoms with Gasteiger partial charge in [-0.15, -0.1) is 11.3 Å². The van der Waals surface area contributed by atoms with E-state index in [2.05, 4.69) is 15.3 Å². The Balaban J connectivity index is 2.25. The Morgan fingerprint density at radius 3 is 2.38 bits per heavy atom. The first-order chi connectivity index (χ1) is 13.7. The number of aromatic nitrogens is 2. The molecule has 0 spiro atoms. The van der Waals surface area contributed by atoms with E-state index in [0.717, 1.165) is 23.1 Å². The molecule has 0 fully saturated rings. The Morgan fingerprint density at radius 2 is 1.79 bits per heavy atom. The van der Waals surface area contributed by atoms with Crippen molar-refractivity contribution in [1.82, 2.24) is 9.97 Å². The van der Waals surface area contributed by atoms with Crippen molar-refractivity contribution in [2.75, 3.05) is 25.3 Å². The second kappa shape index (κ2) is 9.49. The van der Waals surface area contributed by atoms with Crippen LogP contribution in [0.2, 0.25) is 0 Å². The van der Waals surface area contributed by atoms with Gasteiger partial charge in [0.15, 0.2) is 0 Å². The zero-order chi connectivity index (χ0) is 21.7. The Labute approximate surface area is 175 Å². The lowest BCUT2D eigenvalue weighted by Gasteiger charge is -2.08. The lowest BCUT2D eigenvalue weighted by atomic mass is 10.1. The molecule has 0 bridgehead atoms. The second-order valence-corrected chi connectivity index (χ2v) is 7.71. The van der Waals surface area contributed by atoms with E-state index in [-0.39, 0.29) is 21.2 Å². The smallest absolute Gasteiger partial charge is 0.348 e. The molecular weight excluding hydrogens is 416 g/mol. The number of nitrogens with one attached hydrogen (secondary N) is 1. The zero-order valence-electron chi connectivity index (χ0n) is 16.4. The van der Waals surface area contributed by atoms with Gasteiger partial charge in [0.2, 0.25) is 5.91 Å². The molecular formula is C18H18N4O5S2. The third-order valence-corrected chi connectivity index (χ3v) is 5.94. The molecule has 1 N–H and O–H groups in total. The number of carbonyl (C=O) groups excluding carboxylic acids is 3. The van der Waals surface area contributed by atoms with Crippen molar-refractivity contribution in [3.8, 4) is 6.07 Å². The van der Waals surface area contributed by atoms with Gasteiger partial charge in [-0.1, -0.05) is 11.8 Å². The summed E-state index contributed by atoms with van der Waals surface area (Å²) in [6.45, 7) is 4.97. The van der Waals surface area contributed by atoms with E-state index in [1.807, 2.05) is 6.07 Å². The van der Waals surface area contributed by atoms with Crippen molar-refractivity contribution in [1.29, 1.82) is 5.26 Å². The van der Waals surface area contributed by atoms with E-state index in [0.29, 0.717) is 27.7 Å². The van der Waals surface area contributed by atoms with Gasteiger partial charge in [-0.2, -0.15) is 5.26 Å². The Hall–Kier alpha value is -2.97. The summed E-state index contributed by atoms with van der Waals surface area (Å²) in [7, 11) is 2.44. The van der Waals surface area contributed by atoms with Gasteiger partial charge in [0.1, 0.15) is 32.4 Å². The van der Waals surface area contributed by atoms with E-state index >= 15 is 0 Å². The molecule has 0 unspecified atom stereocenters. The van der Waals surface area contributed by atoms with Crippen LogP contribution < -0.4 is 5.32 Å². The van der Waals surface area contributed by atoms with E-state index in [1.165, 1.54) is 14.2 Å². The average molecular weight is 434 g/mol. The average Bonchev–Trinajstić information content (AvgIpc) is 3.00. The lowest BCUT2D eigenvalue weighted by molar-refractivity contribution is -0.113. The third kappa shape index (κ3) is 4.90. The molecule has 0 saturated heterocycles. The molecule has 0 atom stereocenters. The standard InChI is InChI=1S/C18H18N4O5S2/c1-8-13(17(24)26-4)16(29-14(8)18(25)27-5)22-12(23)7-28-15-11(6-19)9(2)20-10(3)21-15/h7H2,1-5H3,(H,22,23). The number of esters is 2. The van der Waals surface area contributed by atoms with Crippen LogP contribution in [0.5, 0.6) is 0 Å². The molecule has 9 nitrogen and oxygen atoms in total. The molecule has 2 aromatic heterocycles. The number of nitriles is 1. The number of aryl methyl sites for hydroxylation is 2. The number of methoxy groups -OCH3 is 2. The van der Waals surface area contributed by atoms with Crippen LogP contribution >= 0.6 is 23.1 Å². The maximum Gasteiger partial charge on any atom is 0.348 e. The summed E-state index contributed by atoms with van der Waals surface area (Å²) in [6.07, 6.45) is 0. The first-order valence-corrected chi connectivity index (χ1v) is 10.0. The molecule has 0 radical (unpaired) electrons. The molecule has 2 heterocycles. The molecule has 2 aromatic rings. The van der Waals surface area contributed by atoms with Gasteiger partial charge >= 0.3 is 11.9 Å². The molecule has 0 aliphatic rings. The minimum absolute atomic E-state index is 0.0598. The quantitative estimate of drug-likeness (QED) is 0.414. The minimum Gasteiger partial charge on any atom is -0.465 e. The number of carbonyl (C=O) groups is 3. The van der Waals surface area contributed by atoms with Crippen LogP contribution in [0.3, 0.4) is 0 Å². The molecule has 0 aliphatic carbocycles. The number of hydrogen-bond acceptors (Lipinski definition) is 10. The summed E-state index contributed by atoms with van der Waals surface area (Å²) in [4.78, 5) is 45.0. The Kier molecular flexibility index (Phi) is 7.30. The highest BCUT2D eigenvalue weighted by atomic mass is 32.2. The maximum atomic E-state index is 12.5. The predicted molar refractivity (Wildman–Crippen MR) is 107 cm³/mol. The highest BCUT2D eigenvalue weighted by molar-refractivity contribution is 8.00. The number of thioether (sulfide) groups is 1. The van der Waals surface area contributed by atoms with Gasteiger partial charge in [-0.25, -0.2) is 19.6 Å². The van der Waals surface area contributed by atoms with Crippen LogP contribution in [0.25, 0.3) is 0 Å². The highest BCUT2D eigenvalue weighted by Gasteiger charge is 2.26. The van der Waals surface area contributed by atoms with E-state index < -0.39 is 17.8 Å². The van der Waals surface area contributed by atoms with Crippen LogP contribution in [-0.4, -0.2) is 47.8 Å². The molecule has 2 rings (SSSR count). The summed E-state index contributed by atoms with van der Waals surface area (Å²) >= 11 is 2.01. The van der Waals surface area contributed by atoms with E-state index in [9.17, 15) is 19.6 Å². The number of anilines is 1. The summed E-state index contributed by atoms with van der Waals surface area (Å²) in [5, 5.41) is 12.5. The minimum atomic E-state index is -0.675. The van der Waals surface area contributed by atoms with Crippen molar-refractivity contribution in [3.05, 3.63) is 33.1 Å². The van der Waals surface area contributed by atoms with Gasteiger partial charge in [0, 0.05) is 0 Å². The number of ether oxygens (including phenoxy) is 2. The molecule has 152 valence electrons. The summed E-state index contributed by atoms with van der Waals surface area (Å²) in [6, 6.07) is 2.04. The number of rotatable bonds is 6. The van der Waals surface area contributed by atoms with Gasteiger partial charge < -0.3 is 14.8 Å². The van der Waals surface area contributed by atoms with Gasteiger partial charge in [0.25, 0.3) is 0 Å². The number of amides is 1. The van der Waals surface area contributed by atoms with Crippen LogP contribution in [0.1, 0.15) is 42.7 Å². The number of nitrogens with zero attached hydrogens (tertiary/aromatic N) is 3. The van der Waals surface area contributed by atoms with Crippen molar-refractivity contribution in [2.45, 2.75) is 25.8 Å². The van der Waals surface area contributed by atoms with E-state index in [4.69, 9.17) is 9.47 Å². The SMILES string of the molecule is COC(=O)c1sc(NC(=O)CSc2nc(C)nc(C)c2C#N)c(C(=O)OC)c1C. The maximum absolute atomic E-state index is 12.5. The fourth-order valence-corrected chi connectivity index (χ4v) is 4.45. The summed E-state index contributed by atoms with van der Waals surface area (Å²) in [5.74, 6) is -1.29. The lowest BCUT2D eigenvalue weighted by Crippen LogP contribution is -2.16. The van der Waals surface area contributed by atoms with Crippen molar-refractivity contribution in [3.63, 3.8) is 0 Å². The second-order valence-electron chi connectivity index (χ2n) is 5.73. The van der Waals surface area contributed by atoms with Crippen molar-refractivity contribution >= 4 is 45.9 Å². The first kappa shape index (κ1) is 22.3.